The highest BCUT2D eigenvalue weighted by Gasteiger charge is 2.17. The second kappa shape index (κ2) is 5.20. The van der Waals surface area contributed by atoms with Gasteiger partial charge in [0.2, 0.25) is 0 Å². The van der Waals surface area contributed by atoms with Crippen LogP contribution in [0.5, 0.6) is 0 Å². The summed E-state index contributed by atoms with van der Waals surface area (Å²) < 4.78 is 6.38. The lowest BCUT2D eigenvalue weighted by atomic mass is 10.2. The van der Waals surface area contributed by atoms with Crippen LogP contribution in [0, 0.1) is 0 Å². The Morgan fingerprint density at radius 1 is 1.33 bits per heavy atom. The van der Waals surface area contributed by atoms with E-state index in [9.17, 15) is 4.79 Å². The molecule has 0 bridgehead atoms. The third-order valence-electron chi connectivity index (χ3n) is 2.95. The van der Waals surface area contributed by atoms with Crippen LogP contribution < -0.4 is 5.73 Å². The number of esters is 1. The van der Waals surface area contributed by atoms with Crippen molar-refractivity contribution in [3.63, 3.8) is 0 Å². The maximum atomic E-state index is 11.8. The third-order valence-corrected chi connectivity index (χ3v) is 2.95. The maximum absolute atomic E-state index is 11.8. The van der Waals surface area contributed by atoms with Crippen LogP contribution in [-0.2, 0) is 4.74 Å². The van der Waals surface area contributed by atoms with Crippen LogP contribution in [0.3, 0.4) is 0 Å². The Balaban J connectivity index is 2.12. The van der Waals surface area contributed by atoms with E-state index in [0.29, 0.717) is 5.82 Å². The van der Waals surface area contributed by atoms with Gasteiger partial charge in [0.25, 0.3) is 0 Å². The number of ether oxygens (including phenoxy) is 1. The molecule has 3 aromatic rings. The van der Waals surface area contributed by atoms with Gasteiger partial charge in [-0.2, -0.15) is 5.10 Å². The zero-order valence-corrected chi connectivity index (χ0v) is 11.4. The Labute approximate surface area is 120 Å². The number of nitrogens with two attached hydrogens (primary N) is 1. The number of rotatable bonds is 3. The minimum atomic E-state index is -0.549. The number of carbonyl (C=O) groups excluding carboxylic acids is 1. The van der Waals surface area contributed by atoms with Crippen LogP contribution >= 0.6 is 0 Å². The second-order valence-corrected chi connectivity index (χ2v) is 4.31. The summed E-state index contributed by atoms with van der Waals surface area (Å²) in [6.45, 7) is 1.99. The molecule has 0 aliphatic rings. The summed E-state index contributed by atoms with van der Waals surface area (Å²) in [4.78, 5) is 20.2. The number of hydrogen-bond donors (Lipinski definition) is 1. The van der Waals surface area contributed by atoms with Crippen LogP contribution in [0.2, 0.25) is 0 Å². The molecular weight excluding hydrogens is 270 g/mol. The Hall–Kier alpha value is -2.96. The van der Waals surface area contributed by atoms with E-state index in [1.165, 1.54) is 11.0 Å². The molecule has 21 heavy (non-hydrogen) atoms. The first-order chi connectivity index (χ1) is 10.2. The highest BCUT2D eigenvalue weighted by atomic mass is 16.5. The van der Waals surface area contributed by atoms with E-state index in [-0.39, 0.29) is 18.0 Å². The van der Waals surface area contributed by atoms with E-state index >= 15 is 0 Å². The SMILES string of the molecule is CCOC(=O)c1nn(-c2ncnc3ccccc23)cc1N. The Morgan fingerprint density at radius 2 is 2.14 bits per heavy atom. The maximum Gasteiger partial charge on any atom is 0.361 e. The topological polar surface area (TPSA) is 95.9 Å². The molecule has 2 aromatic heterocycles. The summed E-state index contributed by atoms with van der Waals surface area (Å²) in [6.07, 6.45) is 2.99. The van der Waals surface area contributed by atoms with Crippen molar-refractivity contribution in [1.29, 1.82) is 0 Å². The predicted octanol–water partition coefficient (Wildman–Crippen LogP) is 1.57. The number of anilines is 1. The lowest BCUT2D eigenvalue weighted by Crippen LogP contribution is -2.09. The Bertz CT molecular complexity index is 807. The van der Waals surface area contributed by atoms with Crippen LogP contribution in [0.25, 0.3) is 16.7 Å². The van der Waals surface area contributed by atoms with Crippen molar-refractivity contribution in [2.24, 2.45) is 0 Å². The quantitative estimate of drug-likeness (QED) is 0.733. The molecule has 2 heterocycles. The molecule has 0 aliphatic heterocycles. The molecule has 0 radical (unpaired) electrons. The van der Waals surface area contributed by atoms with Crippen LogP contribution in [0.1, 0.15) is 17.4 Å². The number of fused-ring (bicyclic) bond motifs is 1. The first kappa shape index (κ1) is 13.0. The van der Waals surface area contributed by atoms with Gasteiger partial charge >= 0.3 is 5.97 Å². The van der Waals surface area contributed by atoms with E-state index < -0.39 is 5.97 Å². The van der Waals surface area contributed by atoms with Crippen molar-refractivity contribution >= 4 is 22.6 Å². The summed E-state index contributed by atoms with van der Waals surface area (Å²) in [6, 6.07) is 7.53. The lowest BCUT2D eigenvalue weighted by molar-refractivity contribution is 0.0520. The van der Waals surface area contributed by atoms with E-state index in [1.54, 1.807) is 13.1 Å². The normalized spacial score (nSPS) is 10.7. The summed E-state index contributed by atoms with van der Waals surface area (Å²) in [5, 5.41) is 4.99. The lowest BCUT2D eigenvalue weighted by Gasteiger charge is -2.04. The van der Waals surface area contributed by atoms with Gasteiger partial charge in [0.15, 0.2) is 11.5 Å². The molecule has 106 valence electrons. The van der Waals surface area contributed by atoms with Crippen LogP contribution in [0.4, 0.5) is 5.69 Å². The van der Waals surface area contributed by atoms with Crippen molar-refractivity contribution in [3.8, 4) is 5.82 Å². The van der Waals surface area contributed by atoms with E-state index in [0.717, 1.165) is 10.9 Å². The fourth-order valence-corrected chi connectivity index (χ4v) is 2.03. The van der Waals surface area contributed by atoms with Gasteiger partial charge in [-0.3, -0.25) is 0 Å². The molecule has 3 rings (SSSR count). The molecule has 7 nitrogen and oxygen atoms in total. The van der Waals surface area contributed by atoms with Gasteiger partial charge < -0.3 is 10.5 Å². The van der Waals surface area contributed by atoms with Gasteiger partial charge in [-0.05, 0) is 19.1 Å². The Kier molecular flexibility index (Phi) is 3.23. The Morgan fingerprint density at radius 3 is 2.95 bits per heavy atom. The van der Waals surface area contributed by atoms with Gasteiger partial charge in [-0.25, -0.2) is 19.4 Å². The number of para-hydroxylation sites is 1. The highest BCUT2D eigenvalue weighted by Crippen LogP contribution is 2.20. The molecule has 0 saturated heterocycles. The molecule has 0 spiro atoms. The van der Waals surface area contributed by atoms with Crippen LogP contribution in [-0.4, -0.2) is 32.3 Å². The molecular formula is C14H13N5O2. The average Bonchev–Trinajstić information content (AvgIpc) is 2.89. The van der Waals surface area contributed by atoms with E-state index in [2.05, 4.69) is 15.1 Å². The summed E-state index contributed by atoms with van der Waals surface area (Å²) in [5.41, 5.74) is 6.94. The summed E-state index contributed by atoms with van der Waals surface area (Å²) >= 11 is 0. The molecule has 0 amide bonds. The average molecular weight is 283 g/mol. The van der Waals surface area contributed by atoms with E-state index in [4.69, 9.17) is 10.5 Å². The third kappa shape index (κ3) is 2.29. The van der Waals surface area contributed by atoms with Crippen LogP contribution in [0.15, 0.2) is 36.8 Å². The molecule has 0 unspecified atom stereocenters. The smallest absolute Gasteiger partial charge is 0.361 e. The highest BCUT2D eigenvalue weighted by molar-refractivity contribution is 5.93. The van der Waals surface area contributed by atoms with Crippen molar-refractivity contribution in [1.82, 2.24) is 19.7 Å². The number of nitrogen functional groups attached to an aromatic ring is 1. The monoisotopic (exact) mass is 283 g/mol. The first-order valence-corrected chi connectivity index (χ1v) is 6.43. The number of carbonyl (C=O) groups is 1. The number of benzene rings is 1. The molecule has 0 aliphatic carbocycles. The van der Waals surface area contributed by atoms with Gasteiger partial charge in [-0.1, -0.05) is 12.1 Å². The van der Waals surface area contributed by atoms with Crippen molar-refractivity contribution in [2.45, 2.75) is 6.92 Å². The first-order valence-electron chi connectivity index (χ1n) is 6.43. The summed E-state index contributed by atoms with van der Waals surface area (Å²) in [7, 11) is 0. The molecule has 7 heteroatoms. The molecule has 2 N–H and O–H groups in total. The zero-order valence-electron chi connectivity index (χ0n) is 11.4. The van der Waals surface area contributed by atoms with E-state index in [1.807, 2.05) is 24.3 Å². The van der Waals surface area contributed by atoms with Gasteiger partial charge in [0, 0.05) is 5.39 Å². The number of hydrogen-bond acceptors (Lipinski definition) is 6. The minimum Gasteiger partial charge on any atom is -0.461 e. The van der Waals surface area contributed by atoms with Crippen molar-refractivity contribution in [3.05, 3.63) is 42.5 Å². The zero-order chi connectivity index (χ0) is 14.8. The standard InChI is InChI=1S/C14H13N5O2/c1-2-21-14(20)12-10(15)7-19(18-12)13-9-5-3-4-6-11(9)16-8-17-13/h3-8H,2,15H2,1H3. The molecule has 0 atom stereocenters. The number of aromatic nitrogens is 4. The number of nitrogens with zero attached hydrogens (tertiary/aromatic N) is 4. The molecule has 0 saturated carbocycles. The van der Waals surface area contributed by atoms with Crippen molar-refractivity contribution < 1.29 is 9.53 Å². The fourth-order valence-electron chi connectivity index (χ4n) is 2.03. The molecule has 1 aromatic carbocycles. The fraction of sp³-hybridized carbons (Fsp3) is 0.143. The molecule has 0 fully saturated rings. The minimum absolute atomic E-state index is 0.0829. The summed E-state index contributed by atoms with van der Waals surface area (Å²) in [5.74, 6) is 0.00922. The van der Waals surface area contributed by atoms with Gasteiger partial charge in [-0.15, -0.1) is 0 Å². The largest absolute Gasteiger partial charge is 0.461 e. The predicted molar refractivity (Wildman–Crippen MR) is 77.0 cm³/mol. The van der Waals surface area contributed by atoms with Gasteiger partial charge in [0.1, 0.15) is 6.33 Å². The van der Waals surface area contributed by atoms with Gasteiger partial charge in [0.05, 0.1) is 24.0 Å². The van der Waals surface area contributed by atoms with Crippen molar-refractivity contribution in [2.75, 3.05) is 12.3 Å². The second-order valence-electron chi connectivity index (χ2n) is 4.31.